The van der Waals surface area contributed by atoms with E-state index in [1.165, 1.54) is 0 Å². The van der Waals surface area contributed by atoms with Gasteiger partial charge >= 0.3 is 0 Å². The SMILES string of the molecule is CCC(CC)C(O)CNC(=O)CCN(C)C. The molecule has 0 aromatic heterocycles. The van der Waals surface area contributed by atoms with Gasteiger partial charge in [-0.05, 0) is 20.0 Å². The lowest BCUT2D eigenvalue weighted by molar-refractivity contribution is -0.122. The summed E-state index contributed by atoms with van der Waals surface area (Å²) < 4.78 is 0. The molecule has 0 saturated heterocycles. The number of rotatable bonds is 8. The standard InChI is InChI=1S/C12H26N2O2/c1-5-10(6-2)11(15)9-13-12(16)7-8-14(3)4/h10-11,15H,5-9H2,1-4H3,(H,13,16). The quantitative estimate of drug-likeness (QED) is 0.650. The molecule has 0 aromatic rings. The summed E-state index contributed by atoms with van der Waals surface area (Å²) in [4.78, 5) is 13.4. The van der Waals surface area contributed by atoms with Crippen LogP contribution in [0.3, 0.4) is 0 Å². The number of aliphatic hydroxyl groups is 1. The van der Waals surface area contributed by atoms with E-state index in [1.54, 1.807) is 0 Å². The Kier molecular flexibility index (Phi) is 8.21. The number of nitrogens with one attached hydrogen (secondary N) is 1. The maximum Gasteiger partial charge on any atom is 0.221 e. The zero-order valence-corrected chi connectivity index (χ0v) is 11.0. The van der Waals surface area contributed by atoms with Gasteiger partial charge in [0.25, 0.3) is 0 Å². The molecule has 0 saturated carbocycles. The summed E-state index contributed by atoms with van der Waals surface area (Å²) in [5, 5.41) is 12.6. The number of carbonyl (C=O) groups is 1. The fourth-order valence-corrected chi connectivity index (χ4v) is 1.63. The zero-order valence-electron chi connectivity index (χ0n) is 11.0. The van der Waals surface area contributed by atoms with Crippen LogP contribution in [0.15, 0.2) is 0 Å². The third kappa shape index (κ3) is 6.80. The van der Waals surface area contributed by atoms with Gasteiger partial charge in [-0.25, -0.2) is 0 Å². The van der Waals surface area contributed by atoms with Gasteiger partial charge in [0.15, 0.2) is 0 Å². The van der Waals surface area contributed by atoms with Crippen molar-refractivity contribution in [2.24, 2.45) is 5.92 Å². The minimum Gasteiger partial charge on any atom is -0.391 e. The molecule has 0 aromatic carbocycles. The predicted octanol–water partition coefficient (Wildman–Crippen LogP) is 0.851. The highest BCUT2D eigenvalue weighted by atomic mass is 16.3. The van der Waals surface area contributed by atoms with Gasteiger partial charge in [0.1, 0.15) is 0 Å². The van der Waals surface area contributed by atoms with Crippen molar-refractivity contribution in [3.05, 3.63) is 0 Å². The number of aliphatic hydroxyl groups excluding tert-OH is 1. The van der Waals surface area contributed by atoms with Gasteiger partial charge in [-0.2, -0.15) is 0 Å². The molecule has 0 aliphatic heterocycles. The van der Waals surface area contributed by atoms with E-state index in [0.717, 1.165) is 19.4 Å². The lowest BCUT2D eigenvalue weighted by atomic mass is 9.96. The van der Waals surface area contributed by atoms with E-state index < -0.39 is 6.10 Å². The summed E-state index contributed by atoms with van der Waals surface area (Å²) in [5.74, 6) is 0.299. The molecule has 16 heavy (non-hydrogen) atoms. The Bertz CT molecular complexity index is 191. The molecule has 0 aliphatic rings. The Balaban J connectivity index is 3.73. The highest BCUT2D eigenvalue weighted by Gasteiger charge is 2.15. The monoisotopic (exact) mass is 230 g/mol. The van der Waals surface area contributed by atoms with Crippen LogP contribution in [-0.2, 0) is 4.79 Å². The Hall–Kier alpha value is -0.610. The lowest BCUT2D eigenvalue weighted by Crippen LogP contribution is -2.37. The van der Waals surface area contributed by atoms with Gasteiger partial charge in [0.05, 0.1) is 6.10 Å². The zero-order chi connectivity index (χ0) is 12.6. The van der Waals surface area contributed by atoms with Gasteiger partial charge in [-0.1, -0.05) is 26.7 Å². The second-order valence-corrected chi connectivity index (χ2v) is 4.50. The van der Waals surface area contributed by atoms with Crippen LogP contribution in [0.25, 0.3) is 0 Å². The van der Waals surface area contributed by atoms with Crippen LogP contribution < -0.4 is 5.32 Å². The van der Waals surface area contributed by atoms with Crippen LogP contribution in [0.4, 0.5) is 0 Å². The second kappa shape index (κ2) is 8.53. The first-order chi connectivity index (χ1) is 7.51. The fraction of sp³-hybridized carbons (Fsp3) is 0.917. The van der Waals surface area contributed by atoms with Gasteiger partial charge in [0.2, 0.25) is 5.91 Å². The molecule has 4 nitrogen and oxygen atoms in total. The Morgan fingerprint density at radius 3 is 2.31 bits per heavy atom. The number of hydrogen-bond donors (Lipinski definition) is 2. The molecular weight excluding hydrogens is 204 g/mol. The van der Waals surface area contributed by atoms with Gasteiger partial charge in [-0.15, -0.1) is 0 Å². The Morgan fingerprint density at radius 2 is 1.88 bits per heavy atom. The average Bonchev–Trinajstić information content (AvgIpc) is 2.25. The molecule has 1 atom stereocenters. The Morgan fingerprint density at radius 1 is 1.31 bits per heavy atom. The largest absolute Gasteiger partial charge is 0.391 e. The molecule has 0 aliphatic carbocycles. The molecule has 0 spiro atoms. The lowest BCUT2D eigenvalue weighted by Gasteiger charge is -2.20. The van der Waals surface area contributed by atoms with Crippen molar-refractivity contribution in [2.75, 3.05) is 27.2 Å². The maximum atomic E-state index is 11.4. The number of nitrogens with zero attached hydrogens (tertiary/aromatic N) is 1. The van der Waals surface area contributed by atoms with E-state index in [4.69, 9.17) is 0 Å². The van der Waals surface area contributed by atoms with Crippen molar-refractivity contribution in [3.63, 3.8) is 0 Å². The second-order valence-electron chi connectivity index (χ2n) is 4.50. The normalized spacial score (nSPS) is 13.2. The van der Waals surface area contributed by atoms with E-state index in [9.17, 15) is 9.90 Å². The molecule has 2 N–H and O–H groups in total. The van der Waals surface area contributed by atoms with Crippen molar-refractivity contribution in [3.8, 4) is 0 Å². The third-order valence-electron chi connectivity index (χ3n) is 2.89. The molecule has 96 valence electrons. The maximum absolute atomic E-state index is 11.4. The average molecular weight is 230 g/mol. The first-order valence-electron chi connectivity index (χ1n) is 6.10. The van der Waals surface area contributed by atoms with Gasteiger partial charge < -0.3 is 15.3 Å². The molecular formula is C12H26N2O2. The van der Waals surface area contributed by atoms with Crippen molar-refractivity contribution < 1.29 is 9.90 Å². The molecule has 1 unspecified atom stereocenters. The molecule has 0 fully saturated rings. The van der Waals surface area contributed by atoms with Crippen LogP contribution in [0.1, 0.15) is 33.1 Å². The summed E-state index contributed by atoms with van der Waals surface area (Å²) >= 11 is 0. The highest BCUT2D eigenvalue weighted by molar-refractivity contribution is 5.76. The minimum absolute atomic E-state index is 0.0127. The Labute approximate surface area is 99.0 Å². The van der Waals surface area contributed by atoms with E-state index in [1.807, 2.05) is 19.0 Å². The summed E-state index contributed by atoms with van der Waals surface area (Å²) in [6.45, 7) is 5.24. The van der Waals surface area contributed by atoms with E-state index >= 15 is 0 Å². The first-order valence-corrected chi connectivity index (χ1v) is 6.10. The summed E-state index contributed by atoms with van der Waals surface area (Å²) in [6, 6.07) is 0. The van der Waals surface area contributed by atoms with Crippen LogP contribution >= 0.6 is 0 Å². The first kappa shape index (κ1) is 15.4. The highest BCUT2D eigenvalue weighted by Crippen LogP contribution is 2.12. The van der Waals surface area contributed by atoms with Gasteiger partial charge in [0, 0.05) is 19.5 Å². The van der Waals surface area contributed by atoms with Crippen LogP contribution in [0.5, 0.6) is 0 Å². The molecule has 0 rings (SSSR count). The third-order valence-corrected chi connectivity index (χ3v) is 2.89. The van der Waals surface area contributed by atoms with Crippen molar-refractivity contribution >= 4 is 5.91 Å². The molecule has 0 radical (unpaired) electrons. The summed E-state index contributed by atoms with van der Waals surface area (Å²) in [6.07, 6.45) is 1.97. The minimum atomic E-state index is -0.418. The van der Waals surface area contributed by atoms with Crippen molar-refractivity contribution in [2.45, 2.75) is 39.2 Å². The molecule has 0 bridgehead atoms. The number of hydrogen-bond acceptors (Lipinski definition) is 3. The van der Waals surface area contributed by atoms with Crippen LogP contribution in [-0.4, -0.2) is 49.2 Å². The van der Waals surface area contributed by atoms with E-state index in [-0.39, 0.29) is 11.8 Å². The summed E-state index contributed by atoms with van der Waals surface area (Å²) in [5.41, 5.74) is 0. The van der Waals surface area contributed by atoms with E-state index in [0.29, 0.717) is 13.0 Å². The summed E-state index contributed by atoms with van der Waals surface area (Å²) in [7, 11) is 3.87. The molecule has 4 heteroatoms. The van der Waals surface area contributed by atoms with Crippen LogP contribution in [0, 0.1) is 5.92 Å². The number of amides is 1. The predicted molar refractivity (Wildman–Crippen MR) is 66.3 cm³/mol. The van der Waals surface area contributed by atoms with Gasteiger partial charge in [-0.3, -0.25) is 4.79 Å². The smallest absolute Gasteiger partial charge is 0.221 e. The molecule has 1 amide bonds. The molecule has 0 heterocycles. The van der Waals surface area contributed by atoms with Crippen molar-refractivity contribution in [1.82, 2.24) is 10.2 Å². The topological polar surface area (TPSA) is 52.6 Å². The van der Waals surface area contributed by atoms with E-state index in [2.05, 4.69) is 19.2 Å². The fourth-order valence-electron chi connectivity index (χ4n) is 1.63. The van der Waals surface area contributed by atoms with Crippen molar-refractivity contribution in [1.29, 1.82) is 0 Å². The van der Waals surface area contributed by atoms with Crippen LogP contribution in [0.2, 0.25) is 0 Å². The number of carbonyl (C=O) groups excluding carboxylic acids is 1.